The molecule has 0 bridgehead atoms. The van der Waals surface area contributed by atoms with Gasteiger partial charge in [0.15, 0.2) is 0 Å². The van der Waals surface area contributed by atoms with Crippen LogP contribution in [0.1, 0.15) is 19.5 Å². The first-order valence-electron chi connectivity index (χ1n) is 6.72. The van der Waals surface area contributed by atoms with Gasteiger partial charge >= 0.3 is 5.97 Å². The number of carbonyl (C=O) groups excluding carboxylic acids is 1. The first-order chi connectivity index (χ1) is 10.0. The van der Waals surface area contributed by atoms with Gasteiger partial charge in [-0.3, -0.25) is 4.79 Å². The van der Waals surface area contributed by atoms with Gasteiger partial charge < -0.3 is 9.94 Å². The second kappa shape index (κ2) is 6.63. The Hall–Kier alpha value is -2.01. The molecule has 0 aliphatic carbocycles. The van der Waals surface area contributed by atoms with Gasteiger partial charge in [-0.05, 0) is 19.1 Å². The summed E-state index contributed by atoms with van der Waals surface area (Å²) in [6.07, 6.45) is 0.340. The molecule has 0 aliphatic rings. The number of aromatic nitrogens is 2. The summed E-state index contributed by atoms with van der Waals surface area (Å²) in [5, 5.41) is 14.4. The maximum absolute atomic E-state index is 11.6. The fourth-order valence-corrected chi connectivity index (χ4v) is 2.27. The standard InChI is InChI=1S/C15H17ClN2O3/c1-3-21-15(19)10(2)8-11-9-14(17-18(11)20)12-6-4-5-7-13(12)16/h4-7,9-10,20H,3,8H2,1-2H3. The first-order valence-corrected chi connectivity index (χ1v) is 7.10. The van der Waals surface area contributed by atoms with E-state index in [0.29, 0.717) is 29.4 Å². The molecule has 0 aliphatic heterocycles. The molecule has 0 saturated heterocycles. The van der Waals surface area contributed by atoms with E-state index in [1.54, 1.807) is 26.0 Å². The van der Waals surface area contributed by atoms with Crippen LogP contribution in [-0.4, -0.2) is 27.7 Å². The third-order valence-corrected chi connectivity index (χ3v) is 3.45. The monoisotopic (exact) mass is 308 g/mol. The van der Waals surface area contributed by atoms with Gasteiger partial charge in [0.05, 0.1) is 28.9 Å². The highest BCUT2D eigenvalue weighted by molar-refractivity contribution is 6.33. The molecule has 1 atom stereocenters. The normalized spacial score (nSPS) is 12.1. The number of carbonyl (C=O) groups is 1. The molecule has 0 amide bonds. The molecule has 21 heavy (non-hydrogen) atoms. The number of hydrogen-bond donors (Lipinski definition) is 1. The van der Waals surface area contributed by atoms with Crippen LogP contribution in [0.5, 0.6) is 0 Å². The number of halogens is 1. The number of esters is 1. The van der Waals surface area contributed by atoms with Crippen LogP contribution in [-0.2, 0) is 16.0 Å². The van der Waals surface area contributed by atoms with Crippen LogP contribution >= 0.6 is 11.6 Å². The van der Waals surface area contributed by atoms with Crippen LogP contribution in [0.3, 0.4) is 0 Å². The molecule has 6 heteroatoms. The minimum atomic E-state index is -0.355. The van der Waals surface area contributed by atoms with E-state index < -0.39 is 0 Å². The highest BCUT2D eigenvalue weighted by Gasteiger charge is 2.19. The zero-order valence-electron chi connectivity index (χ0n) is 11.9. The summed E-state index contributed by atoms with van der Waals surface area (Å²) in [6, 6.07) is 8.97. The Morgan fingerprint density at radius 3 is 2.86 bits per heavy atom. The van der Waals surface area contributed by atoms with Crippen LogP contribution in [0, 0.1) is 5.92 Å². The molecule has 0 saturated carbocycles. The Morgan fingerprint density at radius 1 is 1.48 bits per heavy atom. The van der Waals surface area contributed by atoms with E-state index in [9.17, 15) is 10.0 Å². The van der Waals surface area contributed by atoms with Crippen molar-refractivity contribution in [3.8, 4) is 11.3 Å². The summed E-state index contributed by atoms with van der Waals surface area (Å²) in [4.78, 5) is 12.4. The Kier molecular flexibility index (Phi) is 4.85. The van der Waals surface area contributed by atoms with Crippen molar-refractivity contribution in [2.45, 2.75) is 20.3 Å². The van der Waals surface area contributed by atoms with Crippen molar-refractivity contribution in [3.05, 3.63) is 41.0 Å². The van der Waals surface area contributed by atoms with Gasteiger partial charge in [-0.25, -0.2) is 0 Å². The summed E-state index contributed by atoms with van der Waals surface area (Å²) in [5.41, 5.74) is 1.83. The van der Waals surface area contributed by atoms with Crippen molar-refractivity contribution < 1.29 is 14.7 Å². The minimum absolute atomic E-state index is 0.294. The highest BCUT2D eigenvalue weighted by atomic mass is 35.5. The number of ether oxygens (including phenoxy) is 1. The lowest BCUT2D eigenvalue weighted by Crippen LogP contribution is -2.18. The van der Waals surface area contributed by atoms with Gasteiger partial charge in [-0.2, -0.15) is 0 Å². The third kappa shape index (κ3) is 3.55. The smallest absolute Gasteiger partial charge is 0.309 e. The number of rotatable bonds is 5. The van der Waals surface area contributed by atoms with Crippen LogP contribution < -0.4 is 0 Å². The van der Waals surface area contributed by atoms with Gasteiger partial charge in [-0.15, -0.1) is 9.94 Å². The molecule has 1 aromatic carbocycles. The number of nitrogens with zero attached hydrogens (tertiary/aromatic N) is 2. The fourth-order valence-electron chi connectivity index (χ4n) is 2.03. The second-order valence-corrected chi connectivity index (χ2v) is 5.15. The lowest BCUT2D eigenvalue weighted by atomic mass is 10.0. The van der Waals surface area contributed by atoms with E-state index in [1.807, 2.05) is 18.2 Å². The maximum Gasteiger partial charge on any atom is 0.309 e. The van der Waals surface area contributed by atoms with E-state index in [0.717, 1.165) is 10.4 Å². The average molecular weight is 309 g/mol. The highest BCUT2D eigenvalue weighted by Crippen LogP contribution is 2.27. The molecular formula is C15H17ClN2O3. The van der Waals surface area contributed by atoms with Crippen molar-refractivity contribution in [2.24, 2.45) is 5.92 Å². The molecule has 0 fully saturated rings. The van der Waals surface area contributed by atoms with Gasteiger partial charge in [0, 0.05) is 12.0 Å². The number of hydrogen-bond acceptors (Lipinski definition) is 4. The largest absolute Gasteiger partial charge is 0.466 e. The molecule has 2 rings (SSSR count). The topological polar surface area (TPSA) is 64.3 Å². The average Bonchev–Trinajstić information content (AvgIpc) is 2.80. The predicted molar refractivity (Wildman–Crippen MR) is 79.4 cm³/mol. The quantitative estimate of drug-likeness (QED) is 0.680. The van der Waals surface area contributed by atoms with Crippen molar-refractivity contribution in [3.63, 3.8) is 0 Å². The lowest BCUT2D eigenvalue weighted by molar-refractivity contribution is -0.147. The molecule has 5 nitrogen and oxygen atoms in total. The minimum Gasteiger partial charge on any atom is -0.466 e. The van der Waals surface area contributed by atoms with Crippen molar-refractivity contribution in [1.29, 1.82) is 0 Å². The van der Waals surface area contributed by atoms with Crippen molar-refractivity contribution in [2.75, 3.05) is 6.61 Å². The van der Waals surface area contributed by atoms with Gasteiger partial charge in [-0.1, -0.05) is 36.7 Å². The molecular weight excluding hydrogens is 292 g/mol. The van der Waals surface area contributed by atoms with Crippen LogP contribution in [0.25, 0.3) is 11.3 Å². The van der Waals surface area contributed by atoms with E-state index in [4.69, 9.17) is 16.3 Å². The van der Waals surface area contributed by atoms with Gasteiger partial charge in [0.25, 0.3) is 0 Å². The first kappa shape index (κ1) is 15.4. The SMILES string of the molecule is CCOC(=O)C(C)Cc1cc(-c2ccccc2Cl)nn1O. The molecule has 1 unspecified atom stereocenters. The van der Waals surface area contributed by atoms with Gasteiger partial charge in [0.2, 0.25) is 0 Å². The summed E-state index contributed by atoms with van der Waals surface area (Å²) < 4.78 is 4.95. The Balaban J connectivity index is 2.20. The summed E-state index contributed by atoms with van der Waals surface area (Å²) in [7, 11) is 0. The molecule has 112 valence electrons. The second-order valence-electron chi connectivity index (χ2n) is 4.75. The zero-order valence-corrected chi connectivity index (χ0v) is 12.7. The van der Waals surface area contributed by atoms with E-state index in [2.05, 4.69) is 5.10 Å². The third-order valence-electron chi connectivity index (χ3n) is 3.12. The van der Waals surface area contributed by atoms with E-state index in [1.165, 1.54) is 0 Å². The molecule has 0 spiro atoms. The zero-order chi connectivity index (χ0) is 15.4. The summed E-state index contributed by atoms with van der Waals surface area (Å²) >= 11 is 6.11. The van der Waals surface area contributed by atoms with Crippen LogP contribution in [0.2, 0.25) is 5.02 Å². The van der Waals surface area contributed by atoms with Crippen LogP contribution in [0.15, 0.2) is 30.3 Å². The molecule has 1 aromatic heterocycles. The molecule has 0 radical (unpaired) electrons. The number of benzene rings is 1. The Bertz CT molecular complexity index is 640. The summed E-state index contributed by atoms with van der Waals surface area (Å²) in [5.74, 6) is -0.648. The van der Waals surface area contributed by atoms with Crippen molar-refractivity contribution >= 4 is 17.6 Å². The van der Waals surface area contributed by atoms with E-state index in [-0.39, 0.29) is 11.9 Å². The van der Waals surface area contributed by atoms with Crippen LogP contribution in [0.4, 0.5) is 0 Å². The van der Waals surface area contributed by atoms with Crippen molar-refractivity contribution in [1.82, 2.24) is 9.94 Å². The summed E-state index contributed by atoms with van der Waals surface area (Å²) in [6.45, 7) is 3.85. The Labute approximate surface area is 128 Å². The fraction of sp³-hybridized carbons (Fsp3) is 0.333. The molecule has 1 heterocycles. The predicted octanol–water partition coefficient (Wildman–Crippen LogP) is 3.18. The van der Waals surface area contributed by atoms with E-state index >= 15 is 0 Å². The molecule has 1 N–H and O–H groups in total. The Morgan fingerprint density at radius 2 is 2.19 bits per heavy atom. The lowest BCUT2D eigenvalue weighted by Gasteiger charge is -2.09. The molecule has 2 aromatic rings. The van der Waals surface area contributed by atoms with Gasteiger partial charge in [0.1, 0.15) is 0 Å². The maximum atomic E-state index is 11.6.